The third-order valence-electron chi connectivity index (χ3n) is 4.20. The summed E-state index contributed by atoms with van der Waals surface area (Å²) in [5, 5.41) is 11.9. The van der Waals surface area contributed by atoms with Crippen molar-refractivity contribution in [1.82, 2.24) is 15.5 Å². The largest absolute Gasteiger partial charge is 0.425 e. The molecule has 4 nitrogen and oxygen atoms in total. The van der Waals surface area contributed by atoms with Gasteiger partial charge in [-0.05, 0) is 44.4 Å². The molecule has 0 aromatic carbocycles. The predicted molar refractivity (Wildman–Crippen MR) is 69.4 cm³/mol. The monoisotopic (exact) mass is 249 g/mol. The minimum Gasteiger partial charge on any atom is -0.425 e. The van der Waals surface area contributed by atoms with E-state index in [-0.39, 0.29) is 0 Å². The quantitative estimate of drug-likeness (QED) is 0.871. The van der Waals surface area contributed by atoms with Crippen molar-refractivity contribution in [3.8, 4) is 0 Å². The van der Waals surface area contributed by atoms with E-state index in [1.54, 1.807) is 0 Å². The maximum absolute atomic E-state index is 5.80. The van der Waals surface area contributed by atoms with Crippen LogP contribution in [0.1, 0.15) is 63.1 Å². The predicted octanol–water partition coefficient (Wildman–Crippen LogP) is 2.66. The maximum atomic E-state index is 5.80. The van der Waals surface area contributed by atoms with Crippen molar-refractivity contribution in [3.63, 3.8) is 0 Å². The Labute approximate surface area is 109 Å². The molecule has 0 atom stereocenters. The van der Waals surface area contributed by atoms with Crippen LogP contribution in [0.25, 0.3) is 0 Å². The van der Waals surface area contributed by atoms with Crippen molar-refractivity contribution in [2.75, 3.05) is 6.54 Å². The Morgan fingerprint density at radius 3 is 2.61 bits per heavy atom. The number of hydrogen-bond acceptors (Lipinski definition) is 4. The van der Waals surface area contributed by atoms with Crippen LogP contribution in [-0.4, -0.2) is 22.8 Å². The van der Waals surface area contributed by atoms with Crippen LogP contribution in [0.3, 0.4) is 0 Å². The van der Waals surface area contributed by atoms with Crippen LogP contribution < -0.4 is 5.32 Å². The smallest absolute Gasteiger partial charge is 0.219 e. The highest BCUT2D eigenvalue weighted by atomic mass is 16.4. The zero-order valence-electron chi connectivity index (χ0n) is 11.2. The molecule has 0 saturated heterocycles. The molecule has 0 aliphatic heterocycles. The van der Waals surface area contributed by atoms with Crippen LogP contribution in [0.15, 0.2) is 4.42 Å². The fraction of sp³-hybridized carbons (Fsp3) is 0.857. The van der Waals surface area contributed by atoms with E-state index in [2.05, 4.69) is 22.4 Å². The highest BCUT2D eigenvalue weighted by Crippen LogP contribution is 2.34. The van der Waals surface area contributed by atoms with Crippen LogP contribution in [0.5, 0.6) is 0 Å². The van der Waals surface area contributed by atoms with Gasteiger partial charge in [0.2, 0.25) is 11.8 Å². The van der Waals surface area contributed by atoms with Crippen molar-refractivity contribution in [1.29, 1.82) is 0 Å². The molecule has 4 heteroatoms. The third-order valence-corrected chi connectivity index (χ3v) is 4.20. The van der Waals surface area contributed by atoms with Gasteiger partial charge in [0.25, 0.3) is 0 Å². The van der Waals surface area contributed by atoms with E-state index in [0.29, 0.717) is 5.92 Å². The highest BCUT2D eigenvalue weighted by molar-refractivity contribution is 4.94. The Kier molecular flexibility index (Phi) is 3.64. The number of aromatic nitrogens is 2. The number of rotatable bonds is 5. The molecule has 1 N–H and O–H groups in total. The summed E-state index contributed by atoms with van der Waals surface area (Å²) in [6.07, 6.45) is 8.54. The fourth-order valence-electron chi connectivity index (χ4n) is 2.71. The average molecular weight is 249 g/mol. The van der Waals surface area contributed by atoms with Crippen molar-refractivity contribution in [2.45, 2.75) is 63.8 Å². The van der Waals surface area contributed by atoms with Crippen molar-refractivity contribution in [2.24, 2.45) is 5.92 Å². The molecule has 0 amide bonds. The molecule has 2 saturated carbocycles. The van der Waals surface area contributed by atoms with Crippen LogP contribution in [0, 0.1) is 5.92 Å². The van der Waals surface area contributed by atoms with Gasteiger partial charge < -0.3 is 9.73 Å². The summed E-state index contributed by atoms with van der Waals surface area (Å²) in [5.41, 5.74) is 0. The Morgan fingerprint density at radius 1 is 1.11 bits per heavy atom. The molecular weight excluding hydrogens is 226 g/mol. The second-order valence-electron chi connectivity index (χ2n) is 5.97. The summed E-state index contributed by atoms with van der Waals surface area (Å²) in [6.45, 7) is 3.30. The van der Waals surface area contributed by atoms with Gasteiger partial charge >= 0.3 is 0 Å². The summed E-state index contributed by atoms with van der Waals surface area (Å²) < 4.78 is 5.80. The van der Waals surface area contributed by atoms with Gasteiger partial charge in [-0.2, -0.15) is 0 Å². The lowest BCUT2D eigenvalue weighted by atomic mass is 9.83. The zero-order valence-corrected chi connectivity index (χ0v) is 11.2. The molecule has 1 aromatic heterocycles. The lowest BCUT2D eigenvalue weighted by molar-refractivity contribution is 0.302. The standard InChI is InChI=1S/C14H23N3O/c1-10-2-4-11(5-3-10)14-17-16-13(18-14)8-9-15-12-6-7-12/h10-12,15H,2-9H2,1H3. The first-order valence-electron chi connectivity index (χ1n) is 7.37. The molecule has 2 aliphatic rings. The van der Waals surface area contributed by atoms with E-state index >= 15 is 0 Å². The molecule has 0 spiro atoms. The Balaban J connectivity index is 1.48. The van der Waals surface area contributed by atoms with Crippen molar-refractivity contribution in [3.05, 3.63) is 11.8 Å². The van der Waals surface area contributed by atoms with Crippen LogP contribution in [-0.2, 0) is 6.42 Å². The molecule has 0 bridgehead atoms. The fourth-order valence-corrected chi connectivity index (χ4v) is 2.71. The molecule has 18 heavy (non-hydrogen) atoms. The lowest BCUT2D eigenvalue weighted by Gasteiger charge is -2.23. The Morgan fingerprint density at radius 2 is 1.89 bits per heavy atom. The summed E-state index contributed by atoms with van der Waals surface area (Å²) in [4.78, 5) is 0. The van der Waals surface area contributed by atoms with Crippen LogP contribution in [0.2, 0.25) is 0 Å². The van der Waals surface area contributed by atoms with Gasteiger partial charge in [0.15, 0.2) is 0 Å². The maximum Gasteiger partial charge on any atom is 0.219 e. The van der Waals surface area contributed by atoms with Crippen molar-refractivity contribution < 1.29 is 4.42 Å². The summed E-state index contributed by atoms with van der Waals surface area (Å²) in [6, 6.07) is 0.757. The number of nitrogens with zero attached hydrogens (tertiary/aromatic N) is 2. The average Bonchev–Trinajstić information content (AvgIpc) is 3.08. The first-order chi connectivity index (χ1) is 8.81. The van der Waals surface area contributed by atoms with E-state index < -0.39 is 0 Å². The first-order valence-corrected chi connectivity index (χ1v) is 7.37. The molecule has 1 heterocycles. The van der Waals surface area contributed by atoms with E-state index in [0.717, 1.165) is 36.7 Å². The highest BCUT2D eigenvalue weighted by Gasteiger charge is 2.24. The molecule has 2 fully saturated rings. The molecule has 2 aliphatic carbocycles. The minimum absolute atomic E-state index is 0.513. The van der Waals surface area contributed by atoms with E-state index in [4.69, 9.17) is 4.42 Å². The SMILES string of the molecule is CC1CCC(c2nnc(CCNC3CC3)o2)CC1. The molecular formula is C14H23N3O. The van der Waals surface area contributed by atoms with E-state index in [1.165, 1.54) is 38.5 Å². The summed E-state index contributed by atoms with van der Waals surface area (Å²) in [7, 11) is 0. The van der Waals surface area contributed by atoms with Gasteiger partial charge in [-0.3, -0.25) is 0 Å². The normalized spacial score (nSPS) is 28.5. The van der Waals surface area contributed by atoms with Crippen molar-refractivity contribution >= 4 is 0 Å². The van der Waals surface area contributed by atoms with Crippen LogP contribution >= 0.6 is 0 Å². The van der Waals surface area contributed by atoms with Gasteiger partial charge in [-0.1, -0.05) is 6.92 Å². The molecule has 100 valence electrons. The molecule has 1 aromatic rings. The van der Waals surface area contributed by atoms with Gasteiger partial charge in [-0.15, -0.1) is 10.2 Å². The first kappa shape index (κ1) is 12.2. The van der Waals surface area contributed by atoms with Gasteiger partial charge in [0.1, 0.15) is 0 Å². The molecule has 0 unspecified atom stereocenters. The van der Waals surface area contributed by atoms with E-state index in [9.17, 15) is 0 Å². The second-order valence-corrected chi connectivity index (χ2v) is 5.97. The lowest BCUT2D eigenvalue weighted by Crippen LogP contribution is -2.19. The summed E-state index contributed by atoms with van der Waals surface area (Å²) >= 11 is 0. The second kappa shape index (κ2) is 5.39. The van der Waals surface area contributed by atoms with Gasteiger partial charge in [-0.25, -0.2) is 0 Å². The zero-order chi connectivity index (χ0) is 12.4. The molecule has 3 rings (SSSR count). The van der Waals surface area contributed by atoms with Crippen LogP contribution in [0.4, 0.5) is 0 Å². The van der Waals surface area contributed by atoms with Gasteiger partial charge in [0, 0.05) is 24.9 Å². The molecule has 0 radical (unpaired) electrons. The minimum atomic E-state index is 0.513. The van der Waals surface area contributed by atoms with E-state index in [1.807, 2.05) is 0 Å². The third kappa shape index (κ3) is 3.10. The Hall–Kier alpha value is -0.900. The van der Waals surface area contributed by atoms with Gasteiger partial charge in [0.05, 0.1) is 0 Å². The number of nitrogens with one attached hydrogen (secondary N) is 1. The Bertz CT molecular complexity index is 378. The number of hydrogen-bond donors (Lipinski definition) is 1. The topological polar surface area (TPSA) is 51.0 Å². The summed E-state index contributed by atoms with van der Waals surface area (Å²) in [5.74, 6) is 3.06.